The topological polar surface area (TPSA) is 61.0 Å². The molecule has 0 bridgehead atoms. The molecule has 108 heavy (non-hydrogen) atoms. The second-order valence-corrected chi connectivity index (χ2v) is 30.1. The van der Waals surface area contributed by atoms with Gasteiger partial charge in [0, 0.05) is 49.4 Å². The summed E-state index contributed by atoms with van der Waals surface area (Å²) in [6.45, 7) is 7.08. The van der Waals surface area contributed by atoms with Gasteiger partial charge in [0.15, 0.2) is 5.82 Å². The molecule has 514 valence electrons. The van der Waals surface area contributed by atoms with Crippen molar-refractivity contribution in [3.8, 4) is 84.3 Å². The van der Waals surface area contributed by atoms with Gasteiger partial charge in [-0.05, 0) is 173 Å². The number of hydrogen-bond donors (Lipinski definition) is 0. The lowest BCUT2D eigenvalue weighted by atomic mass is 9.59. The third-order valence-electron chi connectivity index (χ3n) is 23.3. The van der Waals surface area contributed by atoms with E-state index in [1.807, 2.05) is 0 Å². The summed E-state index contributed by atoms with van der Waals surface area (Å²) < 4.78 is 14.3. The quantitative estimate of drug-likeness (QED) is 0.137. The van der Waals surface area contributed by atoms with Gasteiger partial charge in [-0.15, -0.1) is 0 Å². The van der Waals surface area contributed by atoms with Crippen LogP contribution in [0, 0.1) is 5.92 Å². The fourth-order valence-corrected chi connectivity index (χ4v) is 18.2. The van der Waals surface area contributed by atoms with Crippen LogP contribution in [0.15, 0.2) is 374 Å². The number of ether oxygens (including phenoxy) is 1. The minimum atomic E-state index is -0.716. The first-order valence-corrected chi connectivity index (χ1v) is 37.8. The Balaban J connectivity index is 0.714. The zero-order valence-corrected chi connectivity index (χ0v) is 60.4. The van der Waals surface area contributed by atoms with Crippen LogP contribution in [-0.2, 0) is 16.2 Å². The Labute approximate surface area is 629 Å². The molecule has 12 aromatic carbocycles. The molecule has 5 heteroatoms. The van der Waals surface area contributed by atoms with Crippen LogP contribution >= 0.6 is 0 Å². The van der Waals surface area contributed by atoms with Crippen LogP contribution in [-0.4, -0.2) is 15.0 Å². The van der Waals surface area contributed by atoms with Gasteiger partial charge < -0.3 is 9.15 Å². The van der Waals surface area contributed by atoms with Crippen molar-refractivity contribution in [3.63, 3.8) is 0 Å². The van der Waals surface area contributed by atoms with E-state index in [9.17, 15) is 0 Å². The highest BCUT2D eigenvalue weighted by atomic mass is 16.5. The lowest BCUT2D eigenvalue weighted by Gasteiger charge is -2.45. The van der Waals surface area contributed by atoms with Gasteiger partial charge in [-0.3, -0.25) is 0 Å². The number of pyridine rings is 1. The lowest BCUT2D eigenvalue weighted by Crippen LogP contribution is -2.39. The molecule has 1 aliphatic heterocycles. The van der Waals surface area contributed by atoms with E-state index in [2.05, 4.69) is 379 Å². The molecule has 4 atom stereocenters. The van der Waals surface area contributed by atoms with Crippen molar-refractivity contribution >= 4 is 54.6 Å². The number of rotatable bonds is 10. The Morgan fingerprint density at radius 1 is 0.398 bits per heavy atom. The molecule has 0 radical (unpaired) electrons. The van der Waals surface area contributed by atoms with E-state index >= 15 is 0 Å². The predicted octanol–water partition coefficient (Wildman–Crippen LogP) is 26.4. The third-order valence-corrected chi connectivity index (χ3v) is 23.3. The monoisotopic (exact) mass is 1390 g/mol. The van der Waals surface area contributed by atoms with Crippen molar-refractivity contribution in [2.24, 2.45) is 5.92 Å². The molecule has 0 saturated carbocycles. The minimum absolute atomic E-state index is 0.449. The van der Waals surface area contributed by atoms with Crippen LogP contribution in [0.2, 0.25) is 0 Å². The van der Waals surface area contributed by atoms with Gasteiger partial charge in [0.05, 0.1) is 28.2 Å². The second kappa shape index (κ2) is 25.9. The van der Waals surface area contributed by atoms with Crippen LogP contribution in [0.4, 0.5) is 0 Å². The summed E-state index contributed by atoms with van der Waals surface area (Å²) in [6.07, 6.45) is 21.1. The Morgan fingerprint density at radius 2 is 0.972 bits per heavy atom. The molecule has 1 spiro atoms. The first-order valence-electron chi connectivity index (χ1n) is 37.8. The average Bonchev–Trinajstić information content (AvgIpc) is 1.49. The van der Waals surface area contributed by atoms with Gasteiger partial charge in [-0.25, -0.2) is 15.0 Å². The molecule has 3 aromatic heterocycles. The smallest absolute Gasteiger partial charge is 0.160 e. The van der Waals surface area contributed by atoms with E-state index in [0.717, 1.165) is 141 Å². The minimum Gasteiger partial charge on any atom is -0.457 e. The summed E-state index contributed by atoms with van der Waals surface area (Å²) in [4.78, 5) is 16.7. The summed E-state index contributed by atoms with van der Waals surface area (Å²) in [5, 5.41) is 6.61. The molecule has 0 fully saturated rings. The third kappa shape index (κ3) is 10.7. The predicted molar refractivity (Wildman–Crippen MR) is 446 cm³/mol. The normalized spacial score (nSPS) is 18.8. The van der Waals surface area contributed by atoms with Crippen LogP contribution in [0.3, 0.4) is 0 Å². The highest BCUT2D eigenvalue weighted by Crippen LogP contribution is 2.65. The van der Waals surface area contributed by atoms with Crippen molar-refractivity contribution in [2.45, 2.75) is 56.3 Å². The van der Waals surface area contributed by atoms with Crippen LogP contribution in [0.1, 0.15) is 79.1 Å². The van der Waals surface area contributed by atoms with Crippen molar-refractivity contribution in [1.29, 1.82) is 0 Å². The maximum absolute atomic E-state index is 7.24. The standard InChI is InChI=1S/C103H75N3O2/c1-66-29-26-34-69(59-66)73-36-10-16-43-81(73)92-62-72(61-91(104-92)67-30-6-4-7-31-67)75-38-18-21-48-86(75)101(2)58-56-97-90(65-101)103(88-50-23-25-53-96(88)108-97)87-49-22-19-46-84(87)99-76(47-27-51-89(99)103)71-35-28-57-102(3,64-71)98-63-93(105-100(106-98)68-32-8-5-9-33-68)82-44-17-11-37-74(82)70-54-55-95-85(60-70)80-42-15-13-40-78(80)77-39-12-14-41-79(77)83-45-20-24-52-94(83)107-95/h4-56,58,60-64,66H,57,59,65H2,1-3H3. The van der Waals surface area contributed by atoms with E-state index in [1.165, 1.54) is 55.7 Å². The SMILES string of the molecule is CC1C=CC=C(c2ccccc2-c2cc(-c3ccccc3C3(C)C=CC4=C(C3)C3(c5ccccc5O4)c4ccccc4-c4c(C5=CC(C)(c6cc(-c7ccccc7-c7ccc8oc9ccccc9c9ccccc9c9ccccc9c8c7)nc(-c7ccccc7)n6)CC=C5)cccc43)cc(-c3ccccc3)n2)C1. The van der Waals surface area contributed by atoms with Gasteiger partial charge in [0.25, 0.3) is 0 Å². The summed E-state index contributed by atoms with van der Waals surface area (Å²) in [6, 6.07) is 112. The van der Waals surface area contributed by atoms with Gasteiger partial charge in [0.1, 0.15) is 22.7 Å². The zero-order valence-electron chi connectivity index (χ0n) is 60.4. The molecule has 4 aliphatic carbocycles. The van der Waals surface area contributed by atoms with Crippen LogP contribution in [0.25, 0.3) is 133 Å². The van der Waals surface area contributed by atoms with Gasteiger partial charge in [0.2, 0.25) is 0 Å². The molecule has 0 N–H and O–H groups in total. The highest BCUT2D eigenvalue weighted by Gasteiger charge is 2.55. The van der Waals surface area contributed by atoms with E-state index in [0.29, 0.717) is 18.2 Å². The van der Waals surface area contributed by atoms with Crippen molar-refractivity contribution in [3.05, 3.63) is 408 Å². The summed E-state index contributed by atoms with van der Waals surface area (Å²) >= 11 is 0. The Kier molecular flexibility index (Phi) is 15.5. The molecular formula is C103H75N3O2. The molecular weight excluding hydrogens is 1310 g/mol. The fourth-order valence-electron chi connectivity index (χ4n) is 18.2. The van der Waals surface area contributed by atoms with Crippen LogP contribution in [0.5, 0.6) is 5.75 Å². The number of hydrogen-bond acceptors (Lipinski definition) is 5. The lowest BCUT2D eigenvalue weighted by molar-refractivity contribution is 0.372. The average molecular weight is 1390 g/mol. The van der Waals surface area contributed by atoms with E-state index < -0.39 is 16.2 Å². The highest BCUT2D eigenvalue weighted by molar-refractivity contribution is 6.19. The molecule has 4 unspecified atom stereocenters. The van der Waals surface area contributed by atoms with E-state index in [-0.39, 0.29) is 0 Å². The molecule has 5 aliphatic rings. The fraction of sp³-hybridized carbons (Fsp3) is 0.0971. The van der Waals surface area contributed by atoms with Gasteiger partial charge in [-0.2, -0.15) is 0 Å². The Bertz CT molecular complexity index is 6500. The first kappa shape index (κ1) is 64.5. The van der Waals surface area contributed by atoms with E-state index in [4.69, 9.17) is 24.1 Å². The second-order valence-electron chi connectivity index (χ2n) is 30.1. The maximum Gasteiger partial charge on any atom is 0.160 e. The largest absolute Gasteiger partial charge is 0.457 e. The van der Waals surface area contributed by atoms with Crippen molar-refractivity contribution in [2.75, 3.05) is 0 Å². The van der Waals surface area contributed by atoms with Crippen molar-refractivity contribution in [1.82, 2.24) is 15.0 Å². The summed E-state index contributed by atoms with van der Waals surface area (Å²) in [5.74, 6) is 2.90. The molecule has 0 amide bonds. The van der Waals surface area contributed by atoms with E-state index in [1.54, 1.807) is 0 Å². The molecule has 15 aromatic rings. The van der Waals surface area contributed by atoms with Crippen molar-refractivity contribution < 1.29 is 9.15 Å². The summed E-state index contributed by atoms with van der Waals surface area (Å²) in [5.41, 5.74) is 25.6. The molecule has 5 nitrogen and oxygen atoms in total. The Hall–Kier alpha value is -13.1. The summed E-state index contributed by atoms with van der Waals surface area (Å²) in [7, 11) is 0. The van der Waals surface area contributed by atoms with Gasteiger partial charge >= 0.3 is 0 Å². The number of benzene rings is 12. The number of aromatic nitrogens is 3. The molecule has 20 rings (SSSR count). The van der Waals surface area contributed by atoms with Gasteiger partial charge in [-0.1, -0.05) is 330 Å². The molecule has 4 heterocycles. The maximum atomic E-state index is 7.24. The first-order chi connectivity index (χ1) is 53.1. The zero-order chi connectivity index (χ0) is 72.1. The molecule has 0 saturated heterocycles. The number of para-hydroxylation sites is 2. The number of allylic oxidation sites excluding steroid dienone is 11. The number of nitrogens with zero attached hydrogens (tertiary/aromatic N) is 3. The Morgan fingerprint density at radius 3 is 1.73 bits per heavy atom. The van der Waals surface area contributed by atoms with Crippen LogP contribution < -0.4 is 4.74 Å². The number of fused-ring (bicyclic) bond motifs is 15.